The van der Waals surface area contributed by atoms with Crippen LogP contribution in [0.1, 0.15) is 0 Å². The van der Waals surface area contributed by atoms with Crippen LogP contribution in [0.25, 0.3) is 0 Å². The van der Waals surface area contributed by atoms with Gasteiger partial charge in [-0.3, -0.25) is 5.32 Å². The van der Waals surface area contributed by atoms with E-state index in [0.717, 1.165) is 5.70 Å². The molecule has 0 aromatic carbocycles. The molecule has 0 aromatic rings. The summed E-state index contributed by atoms with van der Waals surface area (Å²) in [7, 11) is 1.90. The lowest BCUT2D eigenvalue weighted by molar-refractivity contribution is 0.801. The minimum atomic E-state index is 0.407. The lowest BCUT2D eigenvalue weighted by Gasteiger charge is -1.78. The van der Waals surface area contributed by atoms with Crippen LogP contribution >= 0.6 is 0 Å². The van der Waals surface area contributed by atoms with Gasteiger partial charge in [0.25, 0.3) is 0 Å². The molecule has 6 heavy (non-hydrogen) atoms. The largest absolute Gasteiger partial charge is 0.366 e. The van der Waals surface area contributed by atoms with Crippen LogP contribution in [0, 0.1) is 0 Å². The van der Waals surface area contributed by atoms with Crippen molar-refractivity contribution in [2.24, 2.45) is 0 Å². The third-order valence-corrected chi connectivity index (χ3v) is 0.884. The van der Waals surface area contributed by atoms with Crippen LogP contribution < -0.4 is 10.6 Å². The summed E-state index contributed by atoms with van der Waals surface area (Å²) in [5, 5.41) is 5.95. The molecule has 1 saturated heterocycles. The van der Waals surface area contributed by atoms with Crippen molar-refractivity contribution in [1.29, 1.82) is 0 Å². The van der Waals surface area contributed by atoms with E-state index in [4.69, 9.17) is 0 Å². The summed E-state index contributed by atoms with van der Waals surface area (Å²) < 4.78 is 0. The number of rotatable bonds is 1. The van der Waals surface area contributed by atoms with Crippen molar-refractivity contribution in [2.75, 3.05) is 7.05 Å². The summed E-state index contributed by atoms with van der Waals surface area (Å²) in [5.74, 6) is 0. The SMILES string of the molecule is C=C1NC1NC. The van der Waals surface area contributed by atoms with E-state index >= 15 is 0 Å². The fraction of sp³-hybridized carbons (Fsp3) is 0.500. The van der Waals surface area contributed by atoms with E-state index < -0.39 is 0 Å². The molecule has 0 aliphatic carbocycles. The van der Waals surface area contributed by atoms with Gasteiger partial charge < -0.3 is 5.32 Å². The van der Waals surface area contributed by atoms with Crippen LogP contribution in [0.4, 0.5) is 0 Å². The van der Waals surface area contributed by atoms with Gasteiger partial charge in [-0.05, 0) is 7.05 Å². The Labute approximate surface area is 37.2 Å². The highest BCUT2D eigenvalue weighted by atomic mass is 15.3. The molecule has 1 aliphatic heterocycles. The lowest BCUT2D eigenvalue weighted by Crippen LogP contribution is -2.11. The molecule has 1 atom stereocenters. The number of nitrogens with one attached hydrogen (secondary N) is 2. The molecule has 0 saturated carbocycles. The maximum atomic E-state index is 3.65. The Balaban J connectivity index is 2.26. The minimum absolute atomic E-state index is 0.407. The van der Waals surface area contributed by atoms with Gasteiger partial charge in [0, 0.05) is 5.70 Å². The van der Waals surface area contributed by atoms with Gasteiger partial charge in [-0.1, -0.05) is 6.58 Å². The highest BCUT2D eigenvalue weighted by molar-refractivity contribution is 5.18. The highest BCUT2D eigenvalue weighted by Crippen LogP contribution is 2.05. The van der Waals surface area contributed by atoms with Crippen molar-refractivity contribution >= 4 is 0 Å². The molecule has 1 unspecified atom stereocenters. The van der Waals surface area contributed by atoms with Crippen molar-refractivity contribution in [3.05, 3.63) is 12.3 Å². The third kappa shape index (κ3) is 0.389. The molecule has 1 fully saturated rings. The second-order valence-electron chi connectivity index (χ2n) is 1.39. The smallest absolute Gasteiger partial charge is 0.117 e. The Hall–Kier alpha value is -0.500. The maximum Gasteiger partial charge on any atom is 0.117 e. The van der Waals surface area contributed by atoms with Crippen LogP contribution in [0.5, 0.6) is 0 Å². The van der Waals surface area contributed by atoms with Gasteiger partial charge in [-0.25, -0.2) is 0 Å². The molecule has 0 aromatic heterocycles. The van der Waals surface area contributed by atoms with E-state index in [-0.39, 0.29) is 0 Å². The second kappa shape index (κ2) is 0.980. The zero-order chi connectivity index (χ0) is 4.57. The third-order valence-electron chi connectivity index (χ3n) is 0.884. The Morgan fingerprint density at radius 1 is 2.00 bits per heavy atom. The van der Waals surface area contributed by atoms with Crippen LogP contribution in [-0.2, 0) is 0 Å². The number of hydrogen-bond acceptors (Lipinski definition) is 2. The molecule has 0 amide bonds. The predicted octanol–water partition coefficient (Wildman–Crippen LogP) is -0.351. The lowest BCUT2D eigenvalue weighted by atomic mass is 10.6. The van der Waals surface area contributed by atoms with E-state index in [1.54, 1.807) is 0 Å². The van der Waals surface area contributed by atoms with Gasteiger partial charge in [0.2, 0.25) is 0 Å². The summed E-state index contributed by atoms with van der Waals surface area (Å²) in [6, 6.07) is 0. The zero-order valence-electron chi connectivity index (χ0n) is 3.78. The summed E-state index contributed by atoms with van der Waals surface area (Å²) in [6.45, 7) is 3.65. The van der Waals surface area contributed by atoms with Crippen molar-refractivity contribution < 1.29 is 0 Å². The van der Waals surface area contributed by atoms with E-state index in [0.29, 0.717) is 6.17 Å². The summed E-state index contributed by atoms with van der Waals surface area (Å²) >= 11 is 0. The van der Waals surface area contributed by atoms with E-state index in [9.17, 15) is 0 Å². The van der Waals surface area contributed by atoms with Crippen molar-refractivity contribution in [3.63, 3.8) is 0 Å². The van der Waals surface area contributed by atoms with Crippen molar-refractivity contribution in [1.82, 2.24) is 10.6 Å². The minimum Gasteiger partial charge on any atom is -0.366 e. The maximum absolute atomic E-state index is 3.65. The van der Waals surface area contributed by atoms with E-state index in [1.807, 2.05) is 7.05 Å². The second-order valence-corrected chi connectivity index (χ2v) is 1.39. The van der Waals surface area contributed by atoms with Gasteiger partial charge >= 0.3 is 0 Å². The summed E-state index contributed by atoms with van der Waals surface area (Å²) in [6.07, 6.45) is 0.407. The molecule has 1 heterocycles. The molecule has 0 spiro atoms. The Morgan fingerprint density at radius 2 is 2.50 bits per heavy atom. The standard InChI is InChI=1S/C4H8N2/c1-3-4(5-2)6-3/h4-6H,1H2,2H3. The molecule has 2 nitrogen and oxygen atoms in total. The molecule has 2 heteroatoms. The topological polar surface area (TPSA) is 34.0 Å². The Kier molecular flexibility index (Phi) is 0.601. The number of hydrogen-bond donors (Lipinski definition) is 2. The first-order chi connectivity index (χ1) is 2.84. The van der Waals surface area contributed by atoms with Gasteiger partial charge in [-0.2, -0.15) is 0 Å². The van der Waals surface area contributed by atoms with Crippen LogP contribution in [0.15, 0.2) is 12.3 Å². The predicted molar refractivity (Wildman–Crippen MR) is 25.1 cm³/mol. The molecule has 2 N–H and O–H groups in total. The molecule has 1 aliphatic rings. The first-order valence-electron chi connectivity index (χ1n) is 1.97. The molecular weight excluding hydrogens is 76.1 g/mol. The molecular formula is C4H8N2. The Morgan fingerprint density at radius 3 is 2.50 bits per heavy atom. The van der Waals surface area contributed by atoms with Crippen LogP contribution in [0.2, 0.25) is 0 Å². The fourth-order valence-corrected chi connectivity index (χ4v) is 0.390. The van der Waals surface area contributed by atoms with E-state index in [1.165, 1.54) is 0 Å². The number of likely N-dealkylation sites (N-methyl/N-ethyl adjacent to an activating group) is 1. The molecule has 0 radical (unpaired) electrons. The van der Waals surface area contributed by atoms with E-state index in [2.05, 4.69) is 17.2 Å². The van der Waals surface area contributed by atoms with Crippen molar-refractivity contribution in [2.45, 2.75) is 6.17 Å². The monoisotopic (exact) mass is 84.1 g/mol. The van der Waals surface area contributed by atoms with Gasteiger partial charge in [0.05, 0.1) is 0 Å². The molecule has 34 valence electrons. The normalized spacial score (nSPS) is 29.5. The zero-order valence-corrected chi connectivity index (χ0v) is 3.78. The first-order valence-corrected chi connectivity index (χ1v) is 1.97. The van der Waals surface area contributed by atoms with Gasteiger partial charge in [0.1, 0.15) is 6.17 Å². The van der Waals surface area contributed by atoms with Gasteiger partial charge in [0.15, 0.2) is 0 Å². The average molecular weight is 84.1 g/mol. The quantitative estimate of drug-likeness (QED) is 0.426. The first kappa shape index (κ1) is 3.68. The van der Waals surface area contributed by atoms with Crippen molar-refractivity contribution in [3.8, 4) is 0 Å². The van der Waals surface area contributed by atoms with Crippen LogP contribution in [-0.4, -0.2) is 13.2 Å². The van der Waals surface area contributed by atoms with Gasteiger partial charge in [-0.15, -0.1) is 0 Å². The summed E-state index contributed by atoms with van der Waals surface area (Å²) in [5.41, 5.74) is 1.09. The summed E-state index contributed by atoms with van der Waals surface area (Å²) in [4.78, 5) is 0. The van der Waals surface area contributed by atoms with Crippen LogP contribution in [0.3, 0.4) is 0 Å². The molecule has 1 rings (SSSR count). The molecule has 0 bridgehead atoms. The fourth-order valence-electron chi connectivity index (χ4n) is 0.390. The highest BCUT2D eigenvalue weighted by Gasteiger charge is 2.22. The Bertz CT molecular complexity index is 77.6. The average Bonchev–Trinajstić information content (AvgIpc) is 2.19.